The van der Waals surface area contributed by atoms with Crippen LogP contribution in [-0.2, 0) is 0 Å². The van der Waals surface area contributed by atoms with E-state index in [1.54, 1.807) is 18.2 Å². The number of amides is 1. The normalized spacial score (nSPS) is 10.4. The summed E-state index contributed by atoms with van der Waals surface area (Å²) in [7, 11) is 3.04. The van der Waals surface area contributed by atoms with Crippen molar-refractivity contribution in [1.82, 2.24) is 4.98 Å². The van der Waals surface area contributed by atoms with Gasteiger partial charge in [0, 0.05) is 10.9 Å². The third-order valence-corrected chi connectivity index (χ3v) is 4.48. The van der Waals surface area contributed by atoms with Crippen molar-refractivity contribution in [2.75, 3.05) is 19.5 Å². The van der Waals surface area contributed by atoms with Gasteiger partial charge in [0.05, 0.1) is 25.5 Å². The van der Waals surface area contributed by atoms with Crippen molar-refractivity contribution in [3.63, 3.8) is 0 Å². The Labute approximate surface area is 150 Å². The number of hydrogen-bond donors (Lipinski definition) is 1. The van der Waals surface area contributed by atoms with E-state index in [9.17, 15) is 4.79 Å². The summed E-state index contributed by atoms with van der Waals surface area (Å²) in [6.45, 7) is 2.04. The molecule has 2 aromatic carbocycles. The zero-order chi connectivity index (χ0) is 17.8. The fraction of sp³-hybridized carbons (Fsp3) is 0.158. The third kappa shape index (κ3) is 3.64. The summed E-state index contributed by atoms with van der Waals surface area (Å²) in [4.78, 5) is 17.1. The zero-order valence-electron chi connectivity index (χ0n) is 14.2. The molecular formula is C19H18N2O3S. The lowest BCUT2D eigenvalue weighted by molar-refractivity contribution is 0.102. The van der Waals surface area contributed by atoms with E-state index in [2.05, 4.69) is 10.3 Å². The fourth-order valence-electron chi connectivity index (χ4n) is 2.42. The molecule has 25 heavy (non-hydrogen) atoms. The highest BCUT2D eigenvalue weighted by molar-refractivity contribution is 7.14. The maximum atomic E-state index is 12.6. The first-order chi connectivity index (χ1) is 12.1. The lowest BCUT2D eigenvalue weighted by atomic mass is 10.1. The van der Waals surface area contributed by atoms with E-state index in [0.717, 1.165) is 11.3 Å². The largest absolute Gasteiger partial charge is 0.493 e. The number of thiazole rings is 1. The van der Waals surface area contributed by atoms with E-state index in [4.69, 9.17) is 9.47 Å². The maximum absolute atomic E-state index is 12.6. The van der Waals surface area contributed by atoms with Gasteiger partial charge in [0.15, 0.2) is 16.6 Å². The number of nitrogens with one attached hydrogen (secondary N) is 1. The Bertz CT molecular complexity index is 888. The summed E-state index contributed by atoms with van der Waals surface area (Å²) in [6.07, 6.45) is 0. The second kappa shape index (κ2) is 7.36. The van der Waals surface area contributed by atoms with Crippen molar-refractivity contribution in [3.8, 4) is 22.8 Å². The SMILES string of the molecule is COc1cccc(C(=O)Nc2nc(-c3ccc(C)cc3)cs2)c1OC. The van der Waals surface area contributed by atoms with Crippen LogP contribution in [0.1, 0.15) is 15.9 Å². The molecule has 0 radical (unpaired) electrons. The highest BCUT2D eigenvalue weighted by Crippen LogP contribution is 2.32. The molecule has 0 atom stereocenters. The summed E-state index contributed by atoms with van der Waals surface area (Å²) < 4.78 is 10.5. The van der Waals surface area contributed by atoms with Crippen LogP contribution in [0, 0.1) is 6.92 Å². The van der Waals surface area contributed by atoms with Gasteiger partial charge in [-0.15, -0.1) is 11.3 Å². The topological polar surface area (TPSA) is 60.5 Å². The molecule has 0 saturated carbocycles. The number of nitrogens with zero attached hydrogens (tertiary/aromatic N) is 1. The number of aryl methyl sites for hydroxylation is 1. The van der Waals surface area contributed by atoms with Crippen molar-refractivity contribution in [2.45, 2.75) is 6.92 Å². The Kier molecular flexibility index (Phi) is 5.00. The van der Waals surface area contributed by atoms with Gasteiger partial charge in [-0.05, 0) is 19.1 Å². The number of benzene rings is 2. The molecule has 0 saturated heterocycles. The Morgan fingerprint density at radius 1 is 1.08 bits per heavy atom. The smallest absolute Gasteiger partial charge is 0.261 e. The molecule has 5 nitrogen and oxygen atoms in total. The molecule has 0 aliphatic heterocycles. The number of carbonyl (C=O) groups excluding carboxylic acids is 1. The van der Waals surface area contributed by atoms with Gasteiger partial charge in [0.1, 0.15) is 0 Å². The van der Waals surface area contributed by atoms with Gasteiger partial charge < -0.3 is 9.47 Å². The average Bonchev–Trinajstić information content (AvgIpc) is 3.09. The van der Waals surface area contributed by atoms with E-state index < -0.39 is 0 Å². The van der Waals surface area contributed by atoms with E-state index in [1.165, 1.54) is 31.1 Å². The number of ether oxygens (including phenoxy) is 2. The lowest BCUT2D eigenvalue weighted by Gasteiger charge is -2.11. The second-order valence-corrected chi connectivity index (χ2v) is 6.26. The van der Waals surface area contributed by atoms with Crippen molar-refractivity contribution in [1.29, 1.82) is 0 Å². The van der Waals surface area contributed by atoms with E-state index in [0.29, 0.717) is 22.2 Å². The number of methoxy groups -OCH3 is 2. The average molecular weight is 354 g/mol. The number of carbonyl (C=O) groups is 1. The maximum Gasteiger partial charge on any atom is 0.261 e. The van der Waals surface area contributed by atoms with Crippen LogP contribution >= 0.6 is 11.3 Å². The van der Waals surface area contributed by atoms with Gasteiger partial charge >= 0.3 is 0 Å². The van der Waals surface area contributed by atoms with Crippen LogP contribution in [0.2, 0.25) is 0 Å². The molecule has 0 fully saturated rings. The van der Waals surface area contributed by atoms with Gasteiger partial charge in [-0.25, -0.2) is 4.98 Å². The minimum atomic E-state index is -0.291. The first-order valence-corrected chi connectivity index (χ1v) is 8.55. The van der Waals surface area contributed by atoms with Gasteiger partial charge in [0.25, 0.3) is 5.91 Å². The number of rotatable bonds is 5. The first kappa shape index (κ1) is 17.0. The van der Waals surface area contributed by atoms with Crippen LogP contribution in [0.3, 0.4) is 0 Å². The summed E-state index contributed by atoms with van der Waals surface area (Å²) >= 11 is 1.38. The number of anilines is 1. The molecule has 0 spiro atoms. The highest BCUT2D eigenvalue weighted by atomic mass is 32.1. The molecule has 128 valence electrons. The van der Waals surface area contributed by atoms with Crippen LogP contribution in [0.25, 0.3) is 11.3 Å². The van der Waals surface area contributed by atoms with Gasteiger partial charge in [-0.1, -0.05) is 35.9 Å². The summed E-state index contributed by atoms with van der Waals surface area (Å²) in [6, 6.07) is 13.3. The molecule has 0 aliphatic carbocycles. The van der Waals surface area contributed by atoms with E-state index in [-0.39, 0.29) is 5.91 Å². The van der Waals surface area contributed by atoms with E-state index >= 15 is 0 Å². The predicted molar refractivity (Wildman–Crippen MR) is 99.8 cm³/mol. The molecule has 3 aromatic rings. The van der Waals surface area contributed by atoms with Crippen LogP contribution in [0.5, 0.6) is 11.5 Å². The van der Waals surface area contributed by atoms with Crippen molar-refractivity contribution in [3.05, 3.63) is 59.0 Å². The van der Waals surface area contributed by atoms with Crippen molar-refractivity contribution < 1.29 is 14.3 Å². The van der Waals surface area contributed by atoms with Crippen molar-refractivity contribution >= 4 is 22.4 Å². The molecule has 1 N–H and O–H groups in total. The molecular weight excluding hydrogens is 336 g/mol. The number of hydrogen-bond acceptors (Lipinski definition) is 5. The highest BCUT2D eigenvalue weighted by Gasteiger charge is 2.17. The zero-order valence-corrected chi connectivity index (χ0v) is 15.0. The van der Waals surface area contributed by atoms with Crippen LogP contribution in [-0.4, -0.2) is 25.1 Å². The van der Waals surface area contributed by atoms with Crippen LogP contribution in [0.4, 0.5) is 5.13 Å². The van der Waals surface area contributed by atoms with Crippen LogP contribution < -0.4 is 14.8 Å². The second-order valence-electron chi connectivity index (χ2n) is 5.40. The molecule has 0 aliphatic rings. The number of para-hydroxylation sites is 1. The van der Waals surface area contributed by atoms with Gasteiger partial charge in [-0.3, -0.25) is 10.1 Å². The minimum absolute atomic E-state index is 0.291. The molecule has 0 unspecified atom stereocenters. The molecule has 6 heteroatoms. The van der Waals surface area contributed by atoms with Crippen molar-refractivity contribution in [2.24, 2.45) is 0 Å². The quantitative estimate of drug-likeness (QED) is 0.738. The molecule has 1 heterocycles. The monoisotopic (exact) mass is 354 g/mol. The summed E-state index contributed by atoms with van der Waals surface area (Å²) in [5.74, 6) is 0.619. The van der Waals surface area contributed by atoms with Gasteiger partial charge in [-0.2, -0.15) is 0 Å². The number of aromatic nitrogens is 1. The summed E-state index contributed by atoms with van der Waals surface area (Å²) in [5.41, 5.74) is 3.44. The Balaban J connectivity index is 1.82. The molecule has 1 amide bonds. The first-order valence-electron chi connectivity index (χ1n) is 7.67. The lowest BCUT2D eigenvalue weighted by Crippen LogP contribution is -2.13. The Morgan fingerprint density at radius 3 is 2.52 bits per heavy atom. The minimum Gasteiger partial charge on any atom is -0.493 e. The fourth-order valence-corrected chi connectivity index (χ4v) is 3.13. The predicted octanol–water partition coefficient (Wildman–Crippen LogP) is 4.39. The standard InChI is InChI=1S/C19H18N2O3S/c1-12-7-9-13(10-8-12)15-11-25-19(20-15)21-18(22)14-5-4-6-16(23-2)17(14)24-3/h4-11H,1-3H3,(H,20,21,22). The molecule has 0 bridgehead atoms. The van der Waals surface area contributed by atoms with E-state index in [1.807, 2.05) is 36.6 Å². The molecule has 3 rings (SSSR count). The van der Waals surface area contributed by atoms with Gasteiger partial charge in [0.2, 0.25) is 0 Å². The van der Waals surface area contributed by atoms with Crippen LogP contribution in [0.15, 0.2) is 47.8 Å². The third-order valence-electron chi connectivity index (χ3n) is 3.72. The Morgan fingerprint density at radius 2 is 1.84 bits per heavy atom. The summed E-state index contributed by atoms with van der Waals surface area (Å²) in [5, 5.41) is 5.27. The Hall–Kier alpha value is -2.86. The molecule has 1 aromatic heterocycles.